The lowest BCUT2D eigenvalue weighted by Crippen LogP contribution is -2.49. The van der Waals surface area contributed by atoms with E-state index >= 15 is 0 Å². The Morgan fingerprint density at radius 1 is 1.18 bits per heavy atom. The maximum Gasteiger partial charge on any atom is 0.242 e. The Hall–Kier alpha value is -1.84. The lowest BCUT2D eigenvalue weighted by molar-refractivity contribution is -0.141. The summed E-state index contributed by atoms with van der Waals surface area (Å²) in [6.45, 7) is 8.96. The number of aryl methyl sites for hydroxylation is 1. The van der Waals surface area contributed by atoms with Gasteiger partial charge in [0, 0.05) is 19.5 Å². The summed E-state index contributed by atoms with van der Waals surface area (Å²) in [7, 11) is 0. The van der Waals surface area contributed by atoms with Crippen LogP contribution in [0.2, 0.25) is 0 Å². The zero-order chi connectivity index (χ0) is 16.5. The number of rotatable bonds is 8. The second-order valence-electron chi connectivity index (χ2n) is 5.52. The first-order chi connectivity index (χ1) is 10.5. The van der Waals surface area contributed by atoms with Gasteiger partial charge in [-0.3, -0.25) is 9.59 Å². The Balaban J connectivity index is 2.98. The van der Waals surface area contributed by atoms with Crippen molar-refractivity contribution in [1.29, 1.82) is 0 Å². The van der Waals surface area contributed by atoms with Crippen LogP contribution in [-0.4, -0.2) is 29.3 Å². The molecule has 0 heterocycles. The maximum absolute atomic E-state index is 12.4. The highest BCUT2D eigenvalue weighted by Gasteiger charge is 2.27. The number of carbonyl (C=O) groups excluding carboxylic acids is 2. The van der Waals surface area contributed by atoms with Gasteiger partial charge < -0.3 is 10.2 Å². The molecule has 1 N–H and O–H groups in total. The Labute approximate surface area is 133 Å². The minimum absolute atomic E-state index is 0.0155. The standard InChI is InChI=1S/C18H28N2O2/c1-5-12-19-18(22)16(6-2)20(17(21)7-3)13-15-11-9-8-10-14(15)4/h8-11,16H,5-7,12-13H2,1-4H3,(H,19,22)/t16-/m1/s1. The second kappa shape index (κ2) is 9.23. The summed E-state index contributed by atoms with van der Waals surface area (Å²) in [6.07, 6.45) is 1.91. The van der Waals surface area contributed by atoms with E-state index in [9.17, 15) is 9.59 Å². The Kier molecular flexibility index (Phi) is 7.64. The van der Waals surface area contributed by atoms with E-state index in [4.69, 9.17) is 0 Å². The van der Waals surface area contributed by atoms with Crippen molar-refractivity contribution in [3.8, 4) is 0 Å². The summed E-state index contributed by atoms with van der Waals surface area (Å²) in [4.78, 5) is 26.4. The summed E-state index contributed by atoms with van der Waals surface area (Å²) in [5.74, 6) is -0.0403. The van der Waals surface area contributed by atoms with Gasteiger partial charge in [-0.1, -0.05) is 45.0 Å². The van der Waals surface area contributed by atoms with E-state index in [2.05, 4.69) is 5.32 Å². The predicted octanol–water partition coefficient (Wildman–Crippen LogP) is 3.04. The van der Waals surface area contributed by atoms with Crippen molar-refractivity contribution in [2.24, 2.45) is 0 Å². The van der Waals surface area contributed by atoms with Crippen LogP contribution >= 0.6 is 0 Å². The number of carbonyl (C=O) groups is 2. The van der Waals surface area contributed by atoms with Crippen LogP contribution in [0.15, 0.2) is 24.3 Å². The molecule has 0 saturated heterocycles. The van der Waals surface area contributed by atoms with Gasteiger partial charge in [0.15, 0.2) is 0 Å². The monoisotopic (exact) mass is 304 g/mol. The third kappa shape index (κ3) is 4.86. The van der Waals surface area contributed by atoms with Gasteiger partial charge in [-0.2, -0.15) is 0 Å². The average Bonchev–Trinajstić information content (AvgIpc) is 2.53. The molecule has 1 aromatic carbocycles. The molecule has 1 aromatic rings. The molecule has 1 atom stereocenters. The first-order valence-corrected chi connectivity index (χ1v) is 8.16. The highest BCUT2D eigenvalue weighted by Crippen LogP contribution is 2.16. The third-order valence-electron chi connectivity index (χ3n) is 3.84. The summed E-state index contributed by atoms with van der Waals surface area (Å²) >= 11 is 0. The van der Waals surface area contributed by atoms with Gasteiger partial charge in [0.25, 0.3) is 0 Å². The molecular formula is C18H28N2O2. The normalized spacial score (nSPS) is 11.8. The van der Waals surface area contributed by atoms with E-state index in [0.29, 0.717) is 25.9 Å². The lowest BCUT2D eigenvalue weighted by atomic mass is 10.1. The first kappa shape index (κ1) is 18.2. The molecule has 0 aliphatic heterocycles. The molecule has 0 aliphatic carbocycles. The van der Waals surface area contributed by atoms with Crippen LogP contribution in [0.1, 0.15) is 51.2 Å². The van der Waals surface area contributed by atoms with Gasteiger partial charge in [-0.15, -0.1) is 0 Å². The Bertz CT molecular complexity index is 500. The quantitative estimate of drug-likeness (QED) is 0.802. The second-order valence-corrected chi connectivity index (χ2v) is 5.52. The minimum atomic E-state index is -0.404. The van der Waals surface area contributed by atoms with Gasteiger partial charge >= 0.3 is 0 Å². The fourth-order valence-corrected chi connectivity index (χ4v) is 2.46. The maximum atomic E-state index is 12.4. The Morgan fingerprint density at radius 3 is 2.41 bits per heavy atom. The molecule has 0 spiro atoms. The minimum Gasteiger partial charge on any atom is -0.354 e. The number of nitrogens with zero attached hydrogens (tertiary/aromatic N) is 1. The molecule has 0 unspecified atom stereocenters. The van der Waals surface area contributed by atoms with Crippen molar-refractivity contribution < 1.29 is 9.59 Å². The summed E-state index contributed by atoms with van der Waals surface area (Å²) in [5, 5.41) is 2.91. The lowest BCUT2D eigenvalue weighted by Gasteiger charge is -2.30. The largest absolute Gasteiger partial charge is 0.354 e. The fraction of sp³-hybridized carbons (Fsp3) is 0.556. The Morgan fingerprint density at radius 2 is 1.86 bits per heavy atom. The summed E-state index contributed by atoms with van der Waals surface area (Å²) in [5.41, 5.74) is 2.23. The van der Waals surface area contributed by atoms with Gasteiger partial charge in [0.2, 0.25) is 11.8 Å². The molecule has 22 heavy (non-hydrogen) atoms. The van der Waals surface area contributed by atoms with E-state index in [0.717, 1.165) is 17.5 Å². The van der Waals surface area contributed by atoms with Crippen LogP contribution in [0.25, 0.3) is 0 Å². The molecule has 0 aliphatic rings. The van der Waals surface area contributed by atoms with Crippen molar-refractivity contribution in [2.45, 2.75) is 59.5 Å². The van der Waals surface area contributed by atoms with Gasteiger partial charge in [0.05, 0.1) is 0 Å². The number of amides is 2. The van der Waals surface area contributed by atoms with Crippen LogP contribution in [0.3, 0.4) is 0 Å². The van der Waals surface area contributed by atoms with E-state index < -0.39 is 6.04 Å². The van der Waals surface area contributed by atoms with Gasteiger partial charge in [-0.25, -0.2) is 0 Å². The molecule has 0 saturated carbocycles. The number of hydrogen-bond acceptors (Lipinski definition) is 2. The van der Waals surface area contributed by atoms with Crippen molar-refractivity contribution in [2.75, 3.05) is 6.54 Å². The van der Waals surface area contributed by atoms with Crippen molar-refractivity contribution in [3.05, 3.63) is 35.4 Å². The van der Waals surface area contributed by atoms with E-state index in [-0.39, 0.29) is 11.8 Å². The van der Waals surface area contributed by atoms with Gasteiger partial charge in [-0.05, 0) is 30.9 Å². The molecule has 0 bridgehead atoms. The van der Waals surface area contributed by atoms with Crippen LogP contribution in [0.4, 0.5) is 0 Å². The van der Waals surface area contributed by atoms with Crippen molar-refractivity contribution in [3.63, 3.8) is 0 Å². The summed E-state index contributed by atoms with van der Waals surface area (Å²) < 4.78 is 0. The van der Waals surface area contributed by atoms with E-state index in [1.165, 1.54) is 0 Å². The zero-order valence-corrected chi connectivity index (χ0v) is 14.2. The zero-order valence-electron chi connectivity index (χ0n) is 14.2. The van der Waals surface area contributed by atoms with Crippen LogP contribution < -0.4 is 5.32 Å². The van der Waals surface area contributed by atoms with Crippen LogP contribution in [-0.2, 0) is 16.1 Å². The molecule has 0 fully saturated rings. The molecule has 0 aromatic heterocycles. The highest BCUT2D eigenvalue weighted by atomic mass is 16.2. The van der Waals surface area contributed by atoms with Crippen LogP contribution in [0, 0.1) is 6.92 Å². The van der Waals surface area contributed by atoms with E-state index in [1.807, 2.05) is 52.0 Å². The van der Waals surface area contributed by atoms with Crippen molar-refractivity contribution in [1.82, 2.24) is 10.2 Å². The van der Waals surface area contributed by atoms with Crippen LogP contribution in [0.5, 0.6) is 0 Å². The molecule has 0 radical (unpaired) electrons. The van der Waals surface area contributed by atoms with E-state index in [1.54, 1.807) is 4.90 Å². The predicted molar refractivity (Wildman–Crippen MR) is 89.4 cm³/mol. The number of nitrogens with one attached hydrogen (secondary N) is 1. The molecule has 2 amide bonds. The number of hydrogen-bond donors (Lipinski definition) is 1. The highest BCUT2D eigenvalue weighted by molar-refractivity contribution is 5.87. The molecule has 1 rings (SSSR count). The summed E-state index contributed by atoms with van der Waals surface area (Å²) in [6, 6.07) is 7.59. The number of benzene rings is 1. The fourth-order valence-electron chi connectivity index (χ4n) is 2.46. The van der Waals surface area contributed by atoms with Crippen molar-refractivity contribution >= 4 is 11.8 Å². The molecule has 4 nitrogen and oxygen atoms in total. The molecule has 4 heteroatoms. The smallest absolute Gasteiger partial charge is 0.242 e. The molecular weight excluding hydrogens is 276 g/mol. The topological polar surface area (TPSA) is 49.4 Å². The van der Waals surface area contributed by atoms with Gasteiger partial charge in [0.1, 0.15) is 6.04 Å². The molecule has 122 valence electrons. The SMILES string of the molecule is CCCNC(=O)[C@@H](CC)N(Cc1ccccc1C)C(=O)CC. The first-order valence-electron chi connectivity index (χ1n) is 8.16. The average molecular weight is 304 g/mol. The third-order valence-corrected chi connectivity index (χ3v) is 3.84.